The van der Waals surface area contributed by atoms with Crippen LogP contribution in [0.5, 0.6) is 11.5 Å². The lowest BCUT2D eigenvalue weighted by Crippen LogP contribution is -2.02. The number of ether oxygens (including phenoxy) is 2. The third-order valence-electron chi connectivity index (χ3n) is 3.04. The molecule has 4 nitrogen and oxygen atoms in total. The molecule has 0 aliphatic rings. The molecule has 0 radical (unpaired) electrons. The zero-order chi connectivity index (χ0) is 16.8. The molecular formula is C17H17BrO4S. The maximum atomic E-state index is 11.6. The van der Waals surface area contributed by atoms with Crippen molar-refractivity contribution in [1.82, 2.24) is 0 Å². The third kappa shape index (κ3) is 4.36. The van der Waals surface area contributed by atoms with E-state index in [1.807, 2.05) is 24.4 Å². The number of hydrogen-bond donors (Lipinski definition) is 1. The van der Waals surface area contributed by atoms with Crippen LogP contribution >= 0.6 is 27.3 Å². The van der Waals surface area contributed by atoms with E-state index in [9.17, 15) is 9.90 Å². The van der Waals surface area contributed by atoms with E-state index >= 15 is 0 Å². The highest BCUT2D eigenvalue weighted by atomic mass is 79.9. The summed E-state index contributed by atoms with van der Waals surface area (Å²) in [5.74, 6) is 0.135. The molecule has 1 aromatic heterocycles. The van der Waals surface area contributed by atoms with Gasteiger partial charge in [0, 0.05) is 14.9 Å². The van der Waals surface area contributed by atoms with Crippen molar-refractivity contribution in [2.45, 2.75) is 13.3 Å². The van der Waals surface area contributed by atoms with E-state index in [1.54, 1.807) is 25.3 Å². The van der Waals surface area contributed by atoms with Crippen molar-refractivity contribution in [3.8, 4) is 11.5 Å². The fourth-order valence-corrected chi connectivity index (χ4v) is 3.22. The van der Waals surface area contributed by atoms with Gasteiger partial charge in [-0.1, -0.05) is 28.9 Å². The Balaban J connectivity index is 2.57. The first-order valence-electron chi connectivity index (χ1n) is 7.06. The molecule has 2 rings (SSSR count). The summed E-state index contributed by atoms with van der Waals surface area (Å²) >= 11 is 4.81. The largest absolute Gasteiger partial charge is 0.493 e. The number of carboxylic acid groups (broad SMARTS) is 1. The molecule has 0 amide bonds. The predicted octanol–water partition coefficient (Wildman–Crippen LogP) is 4.93. The van der Waals surface area contributed by atoms with Gasteiger partial charge < -0.3 is 14.6 Å². The van der Waals surface area contributed by atoms with Crippen LogP contribution in [0.4, 0.5) is 0 Å². The maximum absolute atomic E-state index is 11.6. The van der Waals surface area contributed by atoms with Crippen LogP contribution in [-0.4, -0.2) is 24.8 Å². The third-order valence-corrected chi connectivity index (χ3v) is 4.40. The Morgan fingerprint density at radius 1 is 1.43 bits per heavy atom. The molecule has 23 heavy (non-hydrogen) atoms. The molecule has 0 spiro atoms. The molecule has 1 aromatic carbocycles. The van der Waals surface area contributed by atoms with E-state index in [4.69, 9.17) is 9.47 Å². The second-order valence-electron chi connectivity index (χ2n) is 4.72. The molecule has 2 aromatic rings. The molecule has 0 unspecified atom stereocenters. The lowest BCUT2D eigenvalue weighted by molar-refractivity contribution is -0.130. The van der Waals surface area contributed by atoms with Crippen LogP contribution in [-0.2, 0) is 4.79 Å². The first-order chi connectivity index (χ1) is 11.1. The van der Waals surface area contributed by atoms with Crippen LogP contribution in [0.25, 0.3) is 11.6 Å². The van der Waals surface area contributed by atoms with E-state index < -0.39 is 5.97 Å². The molecule has 0 aliphatic heterocycles. The summed E-state index contributed by atoms with van der Waals surface area (Å²) in [6.07, 6.45) is 2.46. The zero-order valence-corrected chi connectivity index (χ0v) is 15.2. The van der Waals surface area contributed by atoms with Crippen LogP contribution in [0.3, 0.4) is 0 Å². The van der Waals surface area contributed by atoms with E-state index in [2.05, 4.69) is 15.9 Å². The average Bonchev–Trinajstić information content (AvgIpc) is 3.04. The van der Waals surface area contributed by atoms with Gasteiger partial charge in [0.05, 0.1) is 19.3 Å². The van der Waals surface area contributed by atoms with Gasteiger partial charge in [0.1, 0.15) is 0 Å². The average molecular weight is 397 g/mol. The number of rotatable bonds is 7. The van der Waals surface area contributed by atoms with Gasteiger partial charge in [-0.2, -0.15) is 0 Å². The summed E-state index contributed by atoms with van der Waals surface area (Å²) in [7, 11) is 1.56. The highest BCUT2D eigenvalue weighted by molar-refractivity contribution is 9.10. The number of carbonyl (C=O) groups is 1. The fraction of sp³-hybridized carbons (Fsp3) is 0.235. The van der Waals surface area contributed by atoms with Gasteiger partial charge in [0.2, 0.25) is 0 Å². The van der Waals surface area contributed by atoms with Crippen LogP contribution in [0.15, 0.2) is 34.1 Å². The first-order valence-corrected chi connectivity index (χ1v) is 8.73. The zero-order valence-electron chi connectivity index (χ0n) is 12.8. The summed E-state index contributed by atoms with van der Waals surface area (Å²) in [5, 5.41) is 11.4. The summed E-state index contributed by atoms with van der Waals surface area (Å²) in [6.45, 7) is 2.54. The summed E-state index contributed by atoms with van der Waals surface area (Å²) in [6, 6.07) is 7.23. The summed E-state index contributed by atoms with van der Waals surface area (Å²) in [4.78, 5) is 12.3. The molecule has 0 atom stereocenters. The number of thiophene rings is 1. The van der Waals surface area contributed by atoms with Crippen molar-refractivity contribution < 1.29 is 19.4 Å². The van der Waals surface area contributed by atoms with Crippen molar-refractivity contribution in [2.24, 2.45) is 0 Å². The van der Waals surface area contributed by atoms with Gasteiger partial charge in [-0.25, -0.2) is 4.79 Å². The van der Waals surface area contributed by atoms with Crippen molar-refractivity contribution in [3.63, 3.8) is 0 Å². The molecule has 6 heteroatoms. The molecule has 1 heterocycles. The maximum Gasteiger partial charge on any atom is 0.337 e. The van der Waals surface area contributed by atoms with Crippen molar-refractivity contribution >= 4 is 44.9 Å². The molecule has 122 valence electrons. The predicted molar refractivity (Wildman–Crippen MR) is 96.3 cm³/mol. The normalized spacial score (nSPS) is 11.3. The van der Waals surface area contributed by atoms with Gasteiger partial charge in [-0.05, 0) is 36.1 Å². The van der Waals surface area contributed by atoms with Gasteiger partial charge >= 0.3 is 5.97 Å². The van der Waals surface area contributed by atoms with Gasteiger partial charge in [0.25, 0.3) is 0 Å². The van der Waals surface area contributed by atoms with Crippen molar-refractivity contribution in [3.05, 3.63) is 44.6 Å². The number of benzene rings is 1. The smallest absolute Gasteiger partial charge is 0.337 e. The van der Waals surface area contributed by atoms with E-state index in [-0.39, 0.29) is 5.57 Å². The lowest BCUT2D eigenvalue weighted by Gasteiger charge is -2.14. The Labute approximate surface area is 147 Å². The van der Waals surface area contributed by atoms with Gasteiger partial charge in [-0.15, -0.1) is 11.3 Å². The van der Waals surface area contributed by atoms with E-state index in [0.29, 0.717) is 28.5 Å². The van der Waals surface area contributed by atoms with Crippen LogP contribution in [0.1, 0.15) is 23.8 Å². The van der Waals surface area contributed by atoms with Crippen LogP contribution in [0, 0.1) is 0 Å². The first kappa shape index (κ1) is 17.6. The Kier molecular flexibility index (Phi) is 6.24. The summed E-state index contributed by atoms with van der Waals surface area (Å²) < 4.78 is 11.9. The second-order valence-corrected chi connectivity index (χ2v) is 6.58. The monoisotopic (exact) mass is 396 g/mol. The minimum absolute atomic E-state index is 0.224. The molecule has 0 fully saturated rings. The standard InChI is InChI=1S/C17H17BrO4S/c1-3-6-22-16-11(8-12(18)10-14(16)21-2)9-13(17(19)20)15-5-4-7-23-15/h4-5,7-10H,3,6H2,1-2H3,(H,19,20)/b13-9-. The molecular weight excluding hydrogens is 380 g/mol. The van der Waals surface area contributed by atoms with E-state index in [0.717, 1.165) is 10.9 Å². The number of methoxy groups -OCH3 is 1. The van der Waals surface area contributed by atoms with Crippen molar-refractivity contribution in [1.29, 1.82) is 0 Å². The van der Waals surface area contributed by atoms with E-state index in [1.165, 1.54) is 11.3 Å². The summed E-state index contributed by atoms with van der Waals surface area (Å²) in [5.41, 5.74) is 0.886. The molecule has 0 saturated carbocycles. The Morgan fingerprint density at radius 3 is 2.78 bits per heavy atom. The van der Waals surface area contributed by atoms with Gasteiger partial charge in [0.15, 0.2) is 11.5 Å². The minimum Gasteiger partial charge on any atom is -0.493 e. The Hall–Kier alpha value is -1.79. The second kappa shape index (κ2) is 8.17. The quantitative estimate of drug-likeness (QED) is 0.673. The van der Waals surface area contributed by atoms with Gasteiger partial charge in [-0.3, -0.25) is 0 Å². The minimum atomic E-state index is -0.979. The number of carboxylic acids is 1. The molecule has 0 saturated heterocycles. The number of aliphatic carboxylic acids is 1. The van der Waals surface area contributed by atoms with Crippen molar-refractivity contribution in [2.75, 3.05) is 13.7 Å². The Morgan fingerprint density at radius 2 is 2.22 bits per heavy atom. The number of hydrogen-bond acceptors (Lipinski definition) is 4. The van der Waals surface area contributed by atoms with Crippen LogP contribution in [0.2, 0.25) is 0 Å². The Bertz CT molecular complexity index is 708. The highest BCUT2D eigenvalue weighted by Gasteiger charge is 2.16. The molecule has 1 N–H and O–H groups in total. The number of halogens is 1. The molecule has 0 bridgehead atoms. The topological polar surface area (TPSA) is 55.8 Å². The highest BCUT2D eigenvalue weighted by Crippen LogP contribution is 2.37. The fourth-order valence-electron chi connectivity index (χ4n) is 2.03. The molecule has 0 aliphatic carbocycles. The van der Waals surface area contributed by atoms with Crippen LogP contribution < -0.4 is 9.47 Å². The SMILES string of the molecule is CCCOc1c(/C=C(\C(=O)O)c2cccs2)cc(Br)cc1OC. The lowest BCUT2D eigenvalue weighted by atomic mass is 10.1.